The van der Waals surface area contributed by atoms with Gasteiger partial charge >= 0.3 is 5.97 Å². The molecule has 152 valence electrons. The molecular weight excluding hydrogens is 376 g/mol. The second-order valence-corrected chi connectivity index (χ2v) is 6.63. The maximum Gasteiger partial charge on any atom is 0.328 e. The molecule has 3 rings (SSSR count). The van der Waals surface area contributed by atoms with Crippen LogP contribution in [0.3, 0.4) is 0 Å². The molecule has 0 saturated heterocycles. The third kappa shape index (κ3) is 5.85. The minimum absolute atomic E-state index is 0.459. The van der Waals surface area contributed by atoms with Crippen molar-refractivity contribution in [3.8, 4) is 11.5 Å². The number of carboxylic acid groups (broad SMARTS) is 1. The first-order valence-electron chi connectivity index (χ1n) is 9.66. The number of rotatable bonds is 9. The van der Waals surface area contributed by atoms with Gasteiger partial charge in [-0.15, -0.1) is 0 Å². The van der Waals surface area contributed by atoms with Gasteiger partial charge < -0.3 is 14.6 Å². The Hall–Kier alpha value is -3.79. The number of carbonyl (C=O) groups is 1. The molecule has 0 heterocycles. The van der Waals surface area contributed by atoms with Gasteiger partial charge in [0.1, 0.15) is 6.61 Å². The van der Waals surface area contributed by atoms with Gasteiger partial charge in [-0.25, -0.2) is 4.79 Å². The molecule has 0 aliphatic heterocycles. The van der Waals surface area contributed by atoms with E-state index in [1.54, 1.807) is 13.2 Å². The summed E-state index contributed by atoms with van der Waals surface area (Å²) in [6.45, 7) is 0.459. The van der Waals surface area contributed by atoms with Crippen LogP contribution in [-0.4, -0.2) is 18.2 Å². The maximum absolute atomic E-state index is 10.8. The number of aliphatic carboxylic acids is 1. The van der Waals surface area contributed by atoms with E-state index in [0.717, 1.165) is 34.1 Å². The number of benzene rings is 3. The number of ether oxygens (including phenoxy) is 2. The predicted octanol–water partition coefficient (Wildman–Crippen LogP) is 5.63. The van der Waals surface area contributed by atoms with Crippen molar-refractivity contribution < 1.29 is 19.4 Å². The van der Waals surface area contributed by atoms with E-state index in [0.29, 0.717) is 18.8 Å². The van der Waals surface area contributed by atoms with E-state index in [9.17, 15) is 4.79 Å². The first kappa shape index (κ1) is 20.9. The van der Waals surface area contributed by atoms with E-state index in [1.807, 2.05) is 84.9 Å². The van der Waals surface area contributed by atoms with Crippen molar-refractivity contribution in [2.24, 2.45) is 0 Å². The van der Waals surface area contributed by atoms with Crippen LogP contribution in [0.2, 0.25) is 0 Å². The SMILES string of the molecule is COc1cccc(C/C=C/c2ccccc2/C=C/C(=O)O)c1OCc1ccccc1. The van der Waals surface area contributed by atoms with Gasteiger partial charge in [-0.05, 0) is 35.3 Å². The molecule has 3 aromatic rings. The fourth-order valence-corrected chi connectivity index (χ4v) is 3.06. The normalized spacial score (nSPS) is 11.1. The Labute approximate surface area is 176 Å². The summed E-state index contributed by atoms with van der Waals surface area (Å²) in [6.07, 6.45) is 7.42. The van der Waals surface area contributed by atoms with Gasteiger partial charge in [-0.2, -0.15) is 0 Å². The minimum Gasteiger partial charge on any atom is -0.493 e. The molecule has 0 bridgehead atoms. The summed E-state index contributed by atoms with van der Waals surface area (Å²) in [4.78, 5) is 10.8. The molecule has 0 amide bonds. The molecule has 0 aromatic heterocycles. The van der Waals surface area contributed by atoms with E-state index in [1.165, 1.54) is 0 Å². The first-order valence-corrected chi connectivity index (χ1v) is 9.66. The lowest BCUT2D eigenvalue weighted by molar-refractivity contribution is -0.131. The number of hydrogen-bond acceptors (Lipinski definition) is 3. The molecule has 0 unspecified atom stereocenters. The lowest BCUT2D eigenvalue weighted by atomic mass is 10.0. The summed E-state index contributed by atoms with van der Waals surface area (Å²) in [6, 6.07) is 23.5. The summed E-state index contributed by atoms with van der Waals surface area (Å²) in [7, 11) is 1.63. The molecule has 30 heavy (non-hydrogen) atoms. The zero-order chi connectivity index (χ0) is 21.2. The summed E-state index contributed by atoms with van der Waals surface area (Å²) < 4.78 is 11.6. The van der Waals surface area contributed by atoms with E-state index in [2.05, 4.69) is 0 Å². The predicted molar refractivity (Wildman–Crippen MR) is 120 cm³/mol. The van der Waals surface area contributed by atoms with Crippen LogP contribution in [0.4, 0.5) is 0 Å². The minimum atomic E-state index is -0.967. The van der Waals surface area contributed by atoms with Crippen molar-refractivity contribution in [3.63, 3.8) is 0 Å². The Balaban J connectivity index is 1.78. The van der Waals surface area contributed by atoms with Crippen LogP contribution >= 0.6 is 0 Å². The highest BCUT2D eigenvalue weighted by Gasteiger charge is 2.10. The van der Waals surface area contributed by atoms with E-state index >= 15 is 0 Å². The van der Waals surface area contributed by atoms with Crippen LogP contribution in [0, 0.1) is 0 Å². The Kier molecular flexibility index (Phi) is 7.45. The highest BCUT2D eigenvalue weighted by atomic mass is 16.5. The molecule has 0 spiro atoms. The van der Waals surface area contributed by atoms with Gasteiger partial charge in [-0.3, -0.25) is 0 Å². The zero-order valence-electron chi connectivity index (χ0n) is 16.8. The summed E-state index contributed by atoms with van der Waals surface area (Å²) in [5.41, 5.74) is 3.90. The topological polar surface area (TPSA) is 55.8 Å². The molecule has 0 radical (unpaired) electrons. The van der Waals surface area contributed by atoms with Gasteiger partial charge in [0.2, 0.25) is 0 Å². The van der Waals surface area contributed by atoms with Crippen molar-refractivity contribution in [2.45, 2.75) is 13.0 Å². The van der Waals surface area contributed by atoms with Gasteiger partial charge in [-0.1, -0.05) is 78.9 Å². The van der Waals surface area contributed by atoms with Crippen molar-refractivity contribution >= 4 is 18.1 Å². The third-order valence-electron chi connectivity index (χ3n) is 4.54. The number of methoxy groups -OCH3 is 1. The van der Waals surface area contributed by atoms with Crippen molar-refractivity contribution in [2.75, 3.05) is 7.11 Å². The van der Waals surface area contributed by atoms with Crippen molar-refractivity contribution in [1.82, 2.24) is 0 Å². The Morgan fingerprint density at radius 2 is 1.60 bits per heavy atom. The van der Waals surface area contributed by atoms with Crippen LogP contribution in [0.25, 0.3) is 12.2 Å². The molecular formula is C26H24O4. The molecule has 4 heteroatoms. The highest BCUT2D eigenvalue weighted by molar-refractivity contribution is 5.86. The van der Waals surface area contributed by atoms with Gasteiger partial charge in [0.25, 0.3) is 0 Å². The molecule has 0 aliphatic carbocycles. The highest BCUT2D eigenvalue weighted by Crippen LogP contribution is 2.32. The van der Waals surface area contributed by atoms with Gasteiger partial charge in [0.15, 0.2) is 11.5 Å². The molecule has 3 aromatic carbocycles. The van der Waals surface area contributed by atoms with Crippen LogP contribution in [0.15, 0.2) is 84.9 Å². The number of hydrogen-bond donors (Lipinski definition) is 1. The second-order valence-electron chi connectivity index (χ2n) is 6.63. The average Bonchev–Trinajstić information content (AvgIpc) is 2.78. The Morgan fingerprint density at radius 3 is 2.30 bits per heavy atom. The van der Waals surface area contributed by atoms with E-state index in [-0.39, 0.29) is 0 Å². The number of para-hydroxylation sites is 1. The number of carboxylic acids is 1. The Bertz CT molecular complexity index is 1040. The molecule has 0 saturated carbocycles. The number of allylic oxidation sites excluding steroid dienone is 1. The quantitative estimate of drug-likeness (QED) is 0.473. The van der Waals surface area contributed by atoms with E-state index in [4.69, 9.17) is 14.6 Å². The van der Waals surface area contributed by atoms with Gasteiger partial charge in [0.05, 0.1) is 7.11 Å². The first-order chi connectivity index (χ1) is 14.7. The zero-order valence-corrected chi connectivity index (χ0v) is 16.8. The second kappa shape index (κ2) is 10.7. The summed E-state index contributed by atoms with van der Waals surface area (Å²) in [5.74, 6) is 0.458. The lowest BCUT2D eigenvalue weighted by Crippen LogP contribution is -2.00. The largest absolute Gasteiger partial charge is 0.493 e. The molecule has 0 fully saturated rings. The smallest absolute Gasteiger partial charge is 0.328 e. The van der Waals surface area contributed by atoms with Gasteiger partial charge in [0, 0.05) is 11.6 Å². The fraction of sp³-hybridized carbons (Fsp3) is 0.115. The van der Waals surface area contributed by atoms with Crippen molar-refractivity contribution in [3.05, 3.63) is 107 Å². The maximum atomic E-state index is 10.8. The van der Waals surface area contributed by atoms with Crippen LogP contribution < -0.4 is 9.47 Å². The molecule has 4 nitrogen and oxygen atoms in total. The molecule has 1 N–H and O–H groups in total. The molecule has 0 aliphatic rings. The Morgan fingerprint density at radius 1 is 0.900 bits per heavy atom. The third-order valence-corrected chi connectivity index (χ3v) is 4.54. The monoisotopic (exact) mass is 400 g/mol. The van der Waals surface area contributed by atoms with E-state index < -0.39 is 5.97 Å². The standard InChI is InChI=1S/C26H24O4/c1-29-24-16-8-15-23(26(24)30-19-20-9-3-2-4-10-20)14-7-13-21-11-5-6-12-22(21)17-18-25(27)28/h2-13,15-18H,14,19H2,1H3,(H,27,28)/b13-7+,18-17+. The van der Waals surface area contributed by atoms with Crippen LogP contribution in [0.1, 0.15) is 22.3 Å². The average molecular weight is 400 g/mol. The van der Waals surface area contributed by atoms with Crippen LogP contribution in [0.5, 0.6) is 11.5 Å². The summed E-state index contributed by atoms with van der Waals surface area (Å²) in [5, 5.41) is 8.87. The summed E-state index contributed by atoms with van der Waals surface area (Å²) >= 11 is 0. The van der Waals surface area contributed by atoms with Crippen LogP contribution in [-0.2, 0) is 17.8 Å². The lowest BCUT2D eigenvalue weighted by Gasteiger charge is -2.14. The van der Waals surface area contributed by atoms with Crippen molar-refractivity contribution in [1.29, 1.82) is 0 Å². The molecule has 0 atom stereocenters. The fourth-order valence-electron chi connectivity index (χ4n) is 3.06.